The maximum atomic E-state index is 12.3. The van der Waals surface area contributed by atoms with Crippen LogP contribution in [0.4, 0.5) is 5.69 Å². The van der Waals surface area contributed by atoms with Crippen LogP contribution in [-0.2, 0) is 0 Å². The third kappa shape index (κ3) is 2.01. The maximum Gasteiger partial charge on any atom is 0.266 e. The van der Waals surface area contributed by atoms with Crippen molar-refractivity contribution in [2.24, 2.45) is 0 Å². The average Bonchev–Trinajstić information content (AvgIpc) is 2.66. The van der Waals surface area contributed by atoms with E-state index in [0.717, 1.165) is 8.04 Å². The van der Waals surface area contributed by atoms with Gasteiger partial charge in [0.05, 0.1) is 16.8 Å². The Morgan fingerprint density at radius 1 is 0.947 bits per heavy atom. The molecular weight excluding hydrogens is 421 g/mol. The van der Waals surface area contributed by atoms with Gasteiger partial charge in [0.2, 0.25) is 0 Å². The van der Waals surface area contributed by atoms with Crippen molar-refractivity contribution in [3.63, 3.8) is 0 Å². The molecule has 0 spiro atoms. The summed E-state index contributed by atoms with van der Waals surface area (Å²) in [6.45, 7) is 0. The number of rotatable bonds is 1. The molecule has 5 heteroatoms. The van der Waals surface area contributed by atoms with E-state index in [1.54, 1.807) is 36.4 Å². The van der Waals surface area contributed by atoms with Crippen molar-refractivity contribution in [2.45, 2.75) is 0 Å². The number of carbonyl (C=O) groups excluding carboxylic acids is 2. The van der Waals surface area contributed by atoms with E-state index in [9.17, 15) is 9.59 Å². The topological polar surface area (TPSA) is 37.4 Å². The summed E-state index contributed by atoms with van der Waals surface area (Å²) in [7, 11) is 0. The van der Waals surface area contributed by atoms with E-state index < -0.39 is 0 Å². The summed E-state index contributed by atoms with van der Waals surface area (Å²) in [5, 5.41) is 0. The Bertz CT molecular complexity index is 679. The van der Waals surface area contributed by atoms with Crippen LogP contribution in [0.15, 0.2) is 46.9 Å². The van der Waals surface area contributed by atoms with Gasteiger partial charge in [-0.15, -0.1) is 0 Å². The zero-order valence-electron chi connectivity index (χ0n) is 9.56. The first-order valence-electron chi connectivity index (χ1n) is 5.52. The minimum absolute atomic E-state index is 0.270. The molecule has 0 atom stereocenters. The molecule has 19 heavy (non-hydrogen) atoms. The number of halogens is 2. The molecule has 0 aliphatic carbocycles. The fourth-order valence-electron chi connectivity index (χ4n) is 2.05. The monoisotopic (exact) mass is 427 g/mol. The van der Waals surface area contributed by atoms with E-state index in [1.165, 1.54) is 4.90 Å². The Kier molecular flexibility index (Phi) is 3.18. The Labute approximate surface area is 131 Å². The van der Waals surface area contributed by atoms with Gasteiger partial charge in [0.25, 0.3) is 11.8 Å². The second kappa shape index (κ2) is 4.72. The molecule has 1 aliphatic rings. The Morgan fingerprint density at radius 3 is 2.05 bits per heavy atom. The normalized spacial score (nSPS) is 13.9. The molecule has 0 unspecified atom stereocenters. The van der Waals surface area contributed by atoms with E-state index in [2.05, 4.69) is 38.5 Å². The van der Waals surface area contributed by atoms with Crippen LogP contribution >= 0.6 is 38.5 Å². The fraction of sp³-hybridized carbons (Fsp3) is 0. The number of amides is 2. The third-order valence-electron chi connectivity index (χ3n) is 2.96. The largest absolute Gasteiger partial charge is 0.268 e. The first kappa shape index (κ1) is 12.8. The molecule has 3 rings (SSSR count). The average molecular weight is 428 g/mol. The zero-order chi connectivity index (χ0) is 13.6. The molecule has 1 heterocycles. The molecule has 2 aromatic carbocycles. The third-order valence-corrected chi connectivity index (χ3v) is 5.29. The number of fused-ring (bicyclic) bond motifs is 1. The molecule has 0 saturated carbocycles. The molecule has 1 aliphatic heterocycles. The summed E-state index contributed by atoms with van der Waals surface area (Å²) in [5.74, 6) is -0.539. The van der Waals surface area contributed by atoms with Crippen molar-refractivity contribution in [3.05, 3.63) is 61.6 Å². The van der Waals surface area contributed by atoms with Crippen LogP contribution in [0.25, 0.3) is 0 Å². The summed E-state index contributed by atoms with van der Waals surface area (Å²) in [6.07, 6.45) is 0. The highest BCUT2D eigenvalue weighted by Crippen LogP contribution is 2.31. The van der Waals surface area contributed by atoms with E-state index in [1.807, 2.05) is 6.07 Å². The highest BCUT2D eigenvalue weighted by molar-refractivity contribution is 14.1. The van der Waals surface area contributed by atoms with Crippen molar-refractivity contribution >= 4 is 56.0 Å². The molecule has 0 aromatic heterocycles. The molecule has 0 saturated heterocycles. The summed E-state index contributed by atoms with van der Waals surface area (Å²) in [4.78, 5) is 25.8. The lowest BCUT2D eigenvalue weighted by Gasteiger charge is -2.14. The van der Waals surface area contributed by atoms with Gasteiger partial charge in [-0.05, 0) is 68.9 Å². The Hall–Kier alpha value is -1.21. The van der Waals surface area contributed by atoms with Crippen LogP contribution in [0, 0.1) is 3.57 Å². The smallest absolute Gasteiger partial charge is 0.266 e. The van der Waals surface area contributed by atoms with E-state index in [4.69, 9.17) is 0 Å². The number of carbonyl (C=O) groups is 2. The van der Waals surface area contributed by atoms with Gasteiger partial charge in [0.1, 0.15) is 0 Å². The zero-order valence-corrected chi connectivity index (χ0v) is 13.3. The lowest BCUT2D eigenvalue weighted by molar-refractivity contribution is 0.0926. The summed E-state index contributed by atoms with van der Waals surface area (Å²) in [5.41, 5.74) is 1.50. The molecule has 3 nitrogen and oxygen atoms in total. The number of hydrogen-bond donors (Lipinski definition) is 0. The SMILES string of the molecule is O=C1c2ccccc2C(=O)N1c1ccc(I)c(Br)c1. The van der Waals surface area contributed by atoms with Crippen LogP contribution in [0.5, 0.6) is 0 Å². The van der Waals surface area contributed by atoms with Gasteiger partial charge in [-0.1, -0.05) is 12.1 Å². The van der Waals surface area contributed by atoms with Crippen LogP contribution in [0.2, 0.25) is 0 Å². The van der Waals surface area contributed by atoms with Crippen molar-refractivity contribution in [2.75, 3.05) is 4.90 Å². The number of hydrogen-bond acceptors (Lipinski definition) is 2. The summed E-state index contributed by atoms with van der Waals surface area (Å²) < 4.78 is 1.89. The molecule has 0 N–H and O–H groups in total. The lowest BCUT2D eigenvalue weighted by atomic mass is 10.1. The van der Waals surface area contributed by atoms with E-state index in [0.29, 0.717) is 16.8 Å². The molecule has 0 radical (unpaired) electrons. The second-order valence-corrected chi connectivity index (χ2v) is 6.11. The number of anilines is 1. The quantitative estimate of drug-likeness (QED) is 0.512. The summed E-state index contributed by atoms with van der Waals surface area (Å²) in [6, 6.07) is 12.3. The Morgan fingerprint density at radius 2 is 1.53 bits per heavy atom. The molecule has 2 amide bonds. The predicted octanol–water partition coefficient (Wildman–Crippen LogP) is 3.85. The Balaban J connectivity index is 2.11. The van der Waals surface area contributed by atoms with Gasteiger partial charge >= 0.3 is 0 Å². The van der Waals surface area contributed by atoms with Crippen molar-refractivity contribution in [3.8, 4) is 0 Å². The van der Waals surface area contributed by atoms with E-state index in [-0.39, 0.29) is 11.8 Å². The van der Waals surface area contributed by atoms with E-state index >= 15 is 0 Å². The van der Waals surface area contributed by atoms with Crippen molar-refractivity contribution in [1.82, 2.24) is 0 Å². The predicted molar refractivity (Wildman–Crippen MR) is 84.4 cm³/mol. The van der Waals surface area contributed by atoms with Gasteiger partial charge in [0, 0.05) is 8.04 Å². The molecule has 94 valence electrons. The lowest BCUT2D eigenvalue weighted by Crippen LogP contribution is -2.29. The molecule has 2 aromatic rings. The second-order valence-electron chi connectivity index (χ2n) is 4.09. The van der Waals surface area contributed by atoms with Gasteiger partial charge in [0.15, 0.2) is 0 Å². The summed E-state index contributed by atoms with van der Waals surface area (Å²) >= 11 is 5.59. The fourth-order valence-corrected chi connectivity index (χ4v) is 2.75. The molecule has 0 bridgehead atoms. The first-order valence-corrected chi connectivity index (χ1v) is 7.39. The molecule has 0 fully saturated rings. The van der Waals surface area contributed by atoms with Crippen molar-refractivity contribution < 1.29 is 9.59 Å². The maximum absolute atomic E-state index is 12.3. The first-order chi connectivity index (χ1) is 9.09. The van der Waals surface area contributed by atoms with Crippen LogP contribution in [-0.4, -0.2) is 11.8 Å². The minimum atomic E-state index is -0.270. The number of nitrogens with zero attached hydrogens (tertiary/aromatic N) is 1. The van der Waals surface area contributed by atoms with Gasteiger partial charge < -0.3 is 0 Å². The van der Waals surface area contributed by atoms with Gasteiger partial charge in [-0.25, -0.2) is 4.90 Å². The molecular formula is C14H7BrINO2. The highest BCUT2D eigenvalue weighted by atomic mass is 127. The van der Waals surface area contributed by atoms with Crippen LogP contribution in [0.3, 0.4) is 0 Å². The van der Waals surface area contributed by atoms with Crippen LogP contribution in [0.1, 0.15) is 20.7 Å². The number of benzene rings is 2. The number of imide groups is 1. The van der Waals surface area contributed by atoms with Gasteiger partial charge in [-0.2, -0.15) is 0 Å². The standard InChI is InChI=1S/C14H7BrINO2/c15-11-7-8(5-6-12(11)16)17-13(18)9-3-1-2-4-10(9)14(17)19/h1-7H. The van der Waals surface area contributed by atoms with Crippen LogP contribution < -0.4 is 4.90 Å². The highest BCUT2D eigenvalue weighted by Gasteiger charge is 2.36. The minimum Gasteiger partial charge on any atom is -0.268 e. The van der Waals surface area contributed by atoms with Crippen molar-refractivity contribution in [1.29, 1.82) is 0 Å². The van der Waals surface area contributed by atoms with Gasteiger partial charge in [-0.3, -0.25) is 9.59 Å².